The second kappa shape index (κ2) is 18.7. The Morgan fingerprint density at radius 1 is 0.700 bits per heavy atom. The van der Waals surface area contributed by atoms with Gasteiger partial charge in [-0.25, -0.2) is 0 Å². The minimum absolute atomic E-state index is 0.0352. The SMILES string of the molecule is CCCCCCCCCCCCCCCOC(=O)CCC(=O)OC1CCCCC1C. The van der Waals surface area contributed by atoms with Crippen LogP contribution < -0.4 is 0 Å². The summed E-state index contributed by atoms with van der Waals surface area (Å²) >= 11 is 0. The van der Waals surface area contributed by atoms with Gasteiger partial charge in [-0.2, -0.15) is 0 Å². The zero-order valence-corrected chi connectivity index (χ0v) is 19.9. The quantitative estimate of drug-likeness (QED) is 0.169. The van der Waals surface area contributed by atoms with Crippen LogP contribution in [0.4, 0.5) is 0 Å². The van der Waals surface area contributed by atoms with Gasteiger partial charge in [0.25, 0.3) is 0 Å². The van der Waals surface area contributed by atoms with E-state index < -0.39 is 0 Å². The highest BCUT2D eigenvalue weighted by atomic mass is 16.5. The maximum atomic E-state index is 11.9. The molecular formula is C26H48O4. The molecule has 1 aliphatic carbocycles. The van der Waals surface area contributed by atoms with Crippen molar-refractivity contribution in [3.8, 4) is 0 Å². The molecule has 1 saturated carbocycles. The van der Waals surface area contributed by atoms with E-state index in [1.54, 1.807) is 0 Å². The van der Waals surface area contributed by atoms with E-state index in [2.05, 4.69) is 13.8 Å². The van der Waals surface area contributed by atoms with Gasteiger partial charge in [-0.3, -0.25) is 9.59 Å². The normalized spacial score (nSPS) is 18.9. The smallest absolute Gasteiger partial charge is 0.306 e. The third kappa shape index (κ3) is 14.8. The van der Waals surface area contributed by atoms with Gasteiger partial charge in [-0.05, 0) is 31.6 Å². The number of carbonyl (C=O) groups is 2. The van der Waals surface area contributed by atoms with E-state index >= 15 is 0 Å². The van der Waals surface area contributed by atoms with Crippen molar-refractivity contribution in [3.05, 3.63) is 0 Å². The maximum absolute atomic E-state index is 11.9. The van der Waals surface area contributed by atoms with Crippen molar-refractivity contribution in [2.75, 3.05) is 6.61 Å². The van der Waals surface area contributed by atoms with Gasteiger partial charge in [0, 0.05) is 0 Å². The van der Waals surface area contributed by atoms with Gasteiger partial charge in [0.1, 0.15) is 6.10 Å². The number of rotatable bonds is 18. The van der Waals surface area contributed by atoms with E-state index in [0.29, 0.717) is 12.5 Å². The second-order valence-electron chi connectivity index (χ2n) is 9.25. The zero-order chi connectivity index (χ0) is 21.9. The molecule has 0 heterocycles. The molecule has 0 amide bonds. The molecule has 4 heteroatoms. The molecule has 176 valence electrons. The lowest BCUT2D eigenvalue weighted by Crippen LogP contribution is -2.28. The Morgan fingerprint density at radius 3 is 1.77 bits per heavy atom. The summed E-state index contributed by atoms with van der Waals surface area (Å²) in [6.45, 7) is 4.88. The first-order valence-electron chi connectivity index (χ1n) is 13.0. The number of carbonyl (C=O) groups excluding carboxylic acids is 2. The number of ether oxygens (including phenoxy) is 2. The molecule has 1 aliphatic rings. The van der Waals surface area contributed by atoms with Crippen LogP contribution in [0.2, 0.25) is 0 Å². The Hall–Kier alpha value is -1.06. The van der Waals surface area contributed by atoms with Crippen molar-refractivity contribution in [1.29, 1.82) is 0 Å². The maximum Gasteiger partial charge on any atom is 0.306 e. The Kier molecular flexibility index (Phi) is 16.8. The van der Waals surface area contributed by atoms with Gasteiger partial charge in [0.05, 0.1) is 19.4 Å². The predicted molar refractivity (Wildman–Crippen MR) is 123 cm³/mol. The fourth-order valence-electron chi connectivity index (χ4n) is 4.27. The molecule has 0 aliphatic heterocycles. The van der Waals surface area contributed by atoms with E-state index in [1.165, 1.54) is 77.0 Å². The summed E-state index contributed by atoms with van der Waals surface area (Å²) in [4.78, 5) is 23.7. The monoisotopic (exact) mass is 424 g/mol. The summed E-state index contributed by atoms with van der Waals surface area (Å²) in [5, 5.41) is 0. The van der Waals surface area contributed by atoms with E-state index in [0.717, 1.165) is 32.1 Å². The van der Waals surface area contributed by atoms with E-state index in [-0.39, 0.29) is 30.9 Å². The van der Waals surface area contributed by atoms with Crippen molar-refractivity contribution < 1.29 is 19.1 Å². The van der Waals surface area contributed by atoms with E-state index in [9.17, 15) is 9.59 Å². The molecule has 0 saturated heterocycles. The average Bonchev–Trinajstić information content (AvgIpc) is 2.74. The van der Waals surface area contributed by atoms with Gasteiger partial charge in [-0.1, -0.05) is 97.3 Å². The highest BCUT2D eigenvalue weighted by Crippen LogP contribution is 2.26. The minimum Gasteiger partial charge on any atom is -0.466 e. The number of hydrogen-bond acceptors (Lipinski definition) is 4. The molecule has 2 atom stereocenters. The average molecular weight is 425 g/mol. The van der Waals surface area contributed by atoms with Gasteiger partial charge < -0.3 is 9.47 Å². The van der Waals surface area contributed by atoms with Crippen molar-refractivity contribution in [2.24, 2.45) is 5.92 Å². The van der Waals surface area contributed by atoms with Crippen LogP contribution in [0.5, 0.6) is 0 Å². The Morgan fingerprint density at radius 2 is 1.20 bits per heavy atom. The Bertz CT molecular complexity index is 435. The van der Waals surface area contributed by atoms with Gasteiger partial charge >= 0.3 is 11.9 Å². The molecule has 4 nitrogen and oxygen atoms in total. The third-order valence-corrected chi connectivity index (χ3v) is 6.36. The minimum atomic E-state index is -0.275. The van der Waals surface area contributed by atoms with Crippen LogP contribution in [-0.4, -0.2) is 24.6 Å². The molecule has 30 heavy (non-hydrogen) atoms. The lowest BCUT2D eigenvalue weighted by Gasteiger charge is -2.28. The first kappa shape index (κ1) is 27.0. The fraction of sp³-hybridized carbons (Fsp3) is 0.923. The van der Waals surface area contributed by atoms with Crippen LogP contribution >= 0.6 is 0 Å². The fourth-order valence-corrected chi connectivity index (χ4v) is 4.27. The van der Waals surface area contributed by atoms with Gasteiger partial charge in [0.2, 0.25) is 0 Å². The highest BCUT2D eigenvalue weighted by Gasteiger charge is 2.24. The van der Waals surface area contributed by atoms with Crippen LogP contribution in [0.25, 0.3) is 0 Å². The number of esters is 2. The highest BCUT2D eigenvalue weighted by molar-refractivity contribution is 5.77. The lowest BCUT2D eigenvalue weighted by molar-refractivity contribution is -0.156. The van der Waals surface area contributed by atoms with Crippen LogP contribution in [0.15, 0.2) is 0 Å². The van der Waals surface area contributed by atoms with Crippen molar-refractivity contribution in [1.82, 2.24) is 0 Å². The van der Waals surface area contributed by atoms with Gasteiger partial charge in [-0.15, -0.1) is 0 Å². The first-order chi connectivity index (χ1) is 14.6. The summed E-state index contributed by atoms with van der Waals surface area (Å²) in [6.07, 6.45) is 21.7. The molecule has 1 fully saturated rings. The molecule has 0 aromatic heterocycles. The number of unbranched alkanes of at least 4 members (excludes halogenated alkanes) is 12. The van der Waals surface area contributed by atoms with E-state index in [1.807, 2.05) is 0 Å². The van der Waals surface area contributed by atoms with Gasteiger partial charge in [0.15, 0.2) is 0 Å². The van der Waals surface area contributed by atoms with Crippen molar-refractivity contribution in [3.63, 3.8) is 0 Å². The summed E-state index contributed by atoms with van der Waals surface area (Å²) in [6, 6.07) is 0. The topological polar surface area (TPSA) is 52.6 Å². The molecule has 0 aromatic carbocycles. The van der Waals surface area contributed by atoms with Crippen molar-refractivity contribution >= 4 is 11.9 Å². The zero-order valence-electron chi connectivity index (χ0n) is 19.9. The van der Waals surface area contributed by atoms with Crippen molar-refractivity contribution in [2.45, 2.75) is 142 Å². The molecule has 2 unspecified atom stereocenters. The predicted octanol–water partition coefficient (Wildman–Crippen LogP) is 7.52. The summed E-state index contributed by atoms with van der Waals surface area (Å²) in [5.74, 6) is -0.0977. The molecule has 0 bridgehead atoms. The summed E-state index contributed by atoms with van der Waals surface area (Å²) < 4.78 is 10.8. The molecular weight excluding hydrogens is 376 g/mol. The van der Waals surface area contributed by atoms with E-state index in [4.69, 9.17) is 9.47 Å². The first-order valence-corrected chi connectivity index (χ1v) is 13.0. The largest absolute Gasteiger partial charge is 0.466 e. The van der Waals surface area contributed by atoms with Crippen LogP contribution in [-0.2, 0) is 19.1 Å². The molecule has 0 N–H and O–H groups in total. The van der Waals surface area contributed by atoms with Crippen LogP contribution in [0, 0.1) is 5.92 Å². The summed E-state index contributed by atoms with van der Waals surface area (Å²) in [5.41, 5.74) is 0. The van der Waals surface area contributed by atoms with Crippen LogP contribution in [0.1, 0.15) is 136 Å². The third-order valence-electron chi connectivity index (χ3n) is 6.36. The summed E-state index contributed by atoms with van der Waals surface area (Å²) in [7, 11) is 0. The lowest BCUT2D eigenvalue weighted by atomic mass is 9.88. The molecule has 1 rings (SSSR count). The Balaban J connectivity index is 1.84. The molecule has 0 spiro atoms. The standard InChI is InChI=1S/C26H48O4/c1-3-4-5-6-7-8-9-10-11-12-13-14-17-22-29-25(27)20-21-26(28)30-24-19-16-15-18-23(24)2/h23-24H,3-22H2,1-2H3. The Labute approximate surface area is 185 Å². The van der Waals surface area contributed by atoms with Crippen LogP contribution in [0.3, 0.4) is 0 Å². The second-order valence-corrected chi connectivity index (χ2v) is 9.25. The molecule has 0 radical (unpaired) electrons. The molecule has 0 aromatic rings. The number of hydrogen-bond donors (Lipinski definition) is 0.